The van der Waals surface area contributed by atoms with Crippen molar-refractivity contribution in [1.82, 2.24) is 15.0 Å². The molecule has 0 spiro atoms. The molecule has 0 fully saturated rings. The number of anilines is 2. The number of fused-ring (bicyclic) bond motifs is 3. The number of aromatic nitrogens is 3. The SMILES string of the molecule is O=c1[nH]cc(C#Cc2cccnc2)c2nc(Nc3c(F)cc(F)cc3Cl)c3ccc(Br)cc3c12. The molecule has 34 heavy (non-hydrogen) atoms. The second kappa shape index (κ2) is 8.86. The highest BCUT2D eigenvalue weighted by Gasteiger charge is 2.17. The standard InChI is InChI=1S/C25H12BrClF2N4O/c26-15-5-6-17-18(8-15)21-22(32-24(17)33-23-19(27)9-16(28)10-20(23)29)14(12-31-25(21)34)4-3-13-2-1-7-30-11-13/h1-2,5-12H,(H,31,34)(H,32,33). The number of halogens is 4. The zero-order valence-electron chi connectivity index (χ0n) is 17.1. The molecule has 0 aliphatic heterocycles. The number of hydrogen-bond donors (Lipinski definition) is 2. The zero-order chi connectivity index (χ0) is 23.8. The molecule has 166 valence electrons. The molecule has 0 saturated heterocycles. The number of nitrogens with one attached hydrogen (secondary N) is 2. The fourth-order valence-electron chi connectivity index (χ4n) is 3.54. The monoisotopic (exact) mass is 536 g/mol. The van der Waals surface area contributed by atoms with E-state index < -0.39 is 11.6 Å². The molecule has 0 amide bonds. The Morgan fingerprint density at radius 2 is 1.94 bits per heavy atom. The van der Waals surface area contributed by atoms with Crippen LogP contribution in [0.1, 0.15) is 11.1 Å². The normalized spacial score (nSPS) is 10.8. The molecule has 0 aliphatic rings. The van der Waals surface area contributed by atoms with E-state index in [0.29, 0.717) is 32.8 Å². The Bertz CT molecular complexity index is 1690. The van der Waals surface area contributed by atoms with Crippen molar-refractivity contribution in [3.8, 4) is 11.8 Å². The minimum absolute atomic E-state index is 0.132. The lowest BCUT2D eigenvalue weighted by molar-refractivity contribution is 0.586. The topological polar surface area (TPSA) is 70.7 Å². The Hall–Kier alpha value is -3.80. The summed E-state index contributed by atoms with van der Waals surface area (Å²) in [5, 5.41) is 4.15. The van der Waals surface area contributed by atoms with E-state index >= 15 is 0 Å². The van der Waals surface area contributed by atoms with Crippen LogP contribution in [0.4, 0.5) is 20.3 Å². The van der Waals surface area contributed by atoms with Crippen LogP contribution in [0, 0.1) is 23.5 Å². The van der Waals surface area contributed by atoms with Gasteiger partial charge in [-0.25, -0.2) is 13.8 Å². The van der Waals surface area contributed by atoms with Crippen molar-refractivity contribution in [2.24, 2.45) is 0 Å². The van der Waals surface area contributed by atoms with Gasteiger partial charge in [0.1, 0.15) is 11.6 Å². The number of rotatable bonds is 2. The maximum Gasteiger partial charge on any atom is 0.258 e. The van der Waals surface area contributed by atoms with Gasteiger partial charge in [0.2, 0.25) is 0 Å². The summed E-state index contributed by atoms with van der Waals surface area (Å²) in [6.07, 6.45) is 4.73. The largest absolute Gasteiger partial charge is 0.336 e. The molecule has 5 nitrogen and oxygen atoms in total. The van der Waals surface area contributed by atoms with Gasteiger partial charge in [0.05, 0.1) is 27.2 Å². The number of benzene rings is 2. The quantitative estimate of drug-likeness (QED) is 0.205. The van der Waals surface area contributed by atoms with Crippen LogP contribution in [-0.4, -0.2) is 15.0 Å². The van der Waals surface area contributed by atoms with Crippen LogP contribution in [0.5, 0.6) is 0 Å². The highest BCUT2D eigenvalue weighted by atomic mass is 79.9. The van der Waals surface area contributed by atoms with Gasteiger partial charge in [0, 0.05) is 45.5 Å². The third-order valence-electron chi connectivity index (χ3n) is 5.05. The number of H-pyrrole nitrogens is 1. The molecule has 0 aliphatic carbocycles. The van der Waals surface area contributed by atoms with Gasteiger partial charge in [0.15, 0.2) is 5.82 Å². The molecule has 0 bridgehead atoms. The summed E-state index contributed by atoms with van der Waals surface area (Å²) in [4.78, 5) is 24.2. The number of aromatic amines is 1. The minimum Gasteiger partial charge on any atom is -0.336 e. The highest BCUT2D eigenvalue weighted by molar-refractivity contribution is 9.10. The van der Waals surface area contributed by atoms with Crippen LogP contribution < -0.4 is 10.9 Å². The summed E-state index contributed by atoms with van der Waals surface area (Å²) in [6, 6.07) is 10.6. The van der Waals surface area contributed by atoms with Crippen LogP contribution in [0.3, 0.4) is 0 Å². The van der Waals surface area contributed by atoms with E-state index in [-0.39, 0.29) is 22.1 Å². The van der Waals surface area contributed by atoms with E-state index in [1.807, 2.05) is 0 Å². The van der Waals surface area contributed by atoms with Gasteiger partial charge in [-0.2, -0.15) is 0 Å². The summed E-state index contributed by atoms with van der Waals surface area (Å²) >= 11 is 9.53. The second-order valence-electron chi connectivity index (χ2n) is 7.27. The van der Waals surface area contributed by atoms with Gasteiger partial charge < -0.3 is 10.3 Å². The molecule has 0 saturated carbocycles. The third-order valence-corrected chi connectivity index (χ3v) is 5.84. The molecule has 5 rings (SSSR count). The molecule has 0 atom stereocenters. The van der Waals surface area contributed by atoms with Crippen LogP contribution in [0.2, 0.25) is 5.02 Å². The first kappa shape index (κ1) is 22.0. The molecule has 0 unspecified atom stereocenters. The fraction of sp³-hybridized carbons (Fsp3) is 0. The second-order valence-corrected chi connectivity index (χ2v) is 8.59. The number of hydrogen-bond acceptors (Lipinski definition) is 4. The lowest BCUT2D eigenvalue weighted by Gasteiger charge is -2.14. The van der Waals surface area contributed by atoms with Gasteiger partial charge in [0.25, 0.3) is 5.56 Å². The van der Waals surface area contributed by atoms with Crippen LogP contribution in [0.25, 0.3) is 21.7 Å². The molecule has 9 heteroatoms. The molecule has 3 aromatic heterocycles. The molecule has 3 heterocycles. The molecule has 5 aromatic rings. The van der Waals surface area contributed by atoms with Crippen molar-refractivity contribution in [2.45, 2.75) is 0 Å². The summed E-state index contributed by atoms with van der Waals surface area (Å²) in [5.41, 5.74) is 0.965. The Morgan fingerprint density at radius 1 is 1.09 bits per heavy atom. The molecular formula is C25H12BrClF2N4O. The van der Waals surface area contributed by atoms with Gasteiger partial charge in [-0.05, 0) is 36.4 Å². The van der Waals surface area contributed by atoms with Crippen molar-refractivity contribution < 1.29 is 8.78 Å². The Morgan fingerprint density at radius 3 is 2.71 bits per heavy atom. The highest BCUT2D eigenvalue weighted by Crippen LogP contribution is 2.35. The van der Waals surface area contributed by atoms with Gasteiger partial charge in [-0.1, -0.05) is 39.4 Å². The Labute approximate surface area is 205 Å². The van der Waals surface area contributed by atoms with Crippen LogP contribution >= 0.6 is 27.5 Å². The van der Waals surface area contributed by atoms with Crippen molar-refractivity contribution in [1.29, 1.82) is 0 Å². The predicted molar refractivity (Wildman–Crippen MR) is 132 cm³/mol. The van der Waals surface area contributed by atoms with E-state index in [0.717, 1.165) is 16.6 Å². The predicted octanol–water partition coefficient (Wildman–Crippen LogP) is 6.31. The maximum absolute atomic E-state index is 14.5. The summed E-state index contributed by atoms with van der Waals surface area (Å²) < 4.78 is 28.8. The van der Waals surface area contributed by atoms with E-state index in [4.69, 9.17) is 11.6 Å². The van der Waals surface area contributed by atoms with E-state index in [1.54, 1.807) is 42.7 Å². The summed E-state index contributed by atoms with van der Waals surface area (Å²) in [5.74, 6) is 4.58. The van der Waals surface area contributed by atoms with Gasteiger partial charge in [-0.3, -0.25) is 9.78 Å². The van der Waals surface area contributed by atoms with Crippen molar-refractivity contribution >= 4 is 60.7 Å². The van der Waals surface area contributed by atoms with Crippen molar-refractivity contribution in [2.75, 3.05) is 5.32 Å². The van der Waals surface area contributed by atoms with Crippen LogP contribution in [0.15, 0.2) is 70.3 Å². The molecule has 2 aromatic carbocycles. The van der Waals surface area contributed by atoms with Crippen molar-refractivity contribution in [3.63, 3.8) is 0 Å². The number of nitrogens with zero attached hydrogens (tertiary/aromatic N) is 2. The molecule has 2 N–H and O–H groups in total. The van der Waals surface area contributed by atoms with Crippen LogP contribution in [-0.2, 0) is 0 Å². The van der Waals surface area contributed by atoms with E-state index in [1.165, 1.54) is 6.20 Å². The lowest BCUT2D eigenvalue weighted by Crippen LogP contribution is -2.10. The van der Waals surface area contributed by atoms with Gasteiger partial charge >= 0.3 is 0 Å². The average molecular weight is 538 g/mol. The van der Waals surface area contributed by atoms with E-state index in [9.17, 15) is 13.6 Å². The molecular weight excluding hydrogens is 526 g/mol. The summed E-state index contributed by atoms with van der Waals surface area (Å²) in [7, 11) is 0. The first-order valence-corrected chi connectivity index (χ1v) is 11.1. The smallest absolute Gasteiger partial charge is 0.258 e. The maximum atomic E-state index is 14.5. The third kappa shape index (κ3) is 4.12. The minimum atomic E-state index is -0.875. The first-order chi connectivity index (χ1) is 16.4. The average Bonchev–Trinajstić information content (AvgIpc) is 2.81. The Kier molecular flexibility index (Phi) is 5.74. The fourth-order valence-corrected chi connectivity index (χ4v) is 4.14. The first-order valence-electron chi connectivity index (χ1n) is 9.89. The summed E-state index contributed by atoms with van der Waals surface area (Å²) in [6.45, 7) is 0. The van der Waals surface area contributed by atoms with Gasteiger partial charge in [-0.15, -0.1) is 0 Å². The van der Waals surface area contributed by atoms with Crippen molar-refractivity contribution in [3.05, 3.63) is 104 Å². The number of pyridine rings is 3. The van der Waals surface area contributed by atoms with E-state index in [2.05, 4.69) is 48.0 Å². The Balaban J connectivity index is 1.79. The molecule has 0 radical (unpaired) electrons. The lowest BCUT2D eigenvalue weighted by atomic mass is 10.0. The zero-order valence-corrected chi connectivity index (χ0v) is 19.4.